The van der Waals surface area contributed by atoms with Gasteiger partial charge < -0.3 is 15.0 Å². The Labute approximate surface area is 174 Å². The summed E-state index contributed by atoms with van der Waals surface area (Å²) in [4.78, 5) is 11.2. The van der Waals surface area contributed by atoms with Crippen molar-refractivity contribution in [3.05, 3.63) is 12.2 Å². The molecule has 0 bridgehead atoms. The predicted octanol–water partition coefficient (Wildman–Crippen LogP) is 2.57. The molecular weight excluding hydrogens is 443 g/mol. The van der Waals surface area contributed by atoms with Gasteiger partial charge in [0.15, 0.2) is 5.96 Å². The Kier molecular flexibility index (Phi) is 7.69. The van der Waals surface area contributed by atoms with Crippen LogP contribution in [-0.2, 0) is 18.3 Å². The third-order valence-corrected chi connectivity index (χ3v) is 5.84. The average molecular weight is 476 g/mol. The van der Waals surface area contributed by atoms with E-state index in [1.165, 1.54) is 25.7 Å². The fourth-order valence-electron chi connectivity index (χ4n) is 4.42. The number of rotatable bonds is 6. The largest absolute Gasteiger partial charge is 0.378 e. The number of aliphatic imine (C=N–C) groups is 1. The minimum Gasteiger partial charge on any atom is -0.378 e. The SMILES string of the molecule is CCN=C(NC1CC(OCC)C12CCCC2)N(C)Cc1ncnn1C.I. The fraction of sp³-hybridized carbons (Fsp3) is 0.833. The third kappa shape index (κ3) is 4.16. The van der Waals surface area contributed by atoms with Crippen molar-refractivity contribution in [2.45, 2.75) is 64.6 Å². The van der Waals surface area contributed by atoms with Crippen molar-refractivity contribution >= 4 is 29.9 Å². The Morgan fingerprint density at radius 2 is 2.15 bits per heavy atom. The van der Waals surface area contributed by atoms with Gasteiger partial charge in [0.1, 0.15) is 12.2 Å². The third-order valence-electron chi connectivity index (χ3n) is 5.84. The molecule has 8 heteroatoms. The van der Waals surface area contributed by atoms with Crippen molar-refractivity contribution < 1.29 is 4.74 Å². The van der Waals surface area contributed by atoms with Crippen LogP contribution < -0.4 is 5.32 Å². The fourth-order valence-corrected chi connectivity index (χ4v) is 4.42. The van der Waals surface area contributed by atoms with Gasteiger partial charge in [-0.1, -0.05) is 12.8 Å². The number of guanidine groups is 1. The summed E-state index contributed by atoms with van der Waals surface area (Å²) in [7, 11) is 3.99. The van der Waals surface area contributed by atoms with Crippen LogP contribution in [0.4, 0.5) is 0 Å². The van der Waals surface area contributed by atoms with E-state index in [0.29, 0.717) is 24.1 Å². The molecule has 1 spiro atoms. The molecule has 0 radical (unpaired) electrons. The van der Waals surface area contributed by atoms with Crippen molar-refractivity contribution in [2.75, 3.05) is 20.2 Å². The minimum atomic E-state index is 0. The van der Waals surface area contributed by atoms with Gasteiger partial charge in [-0.3, -0.25) is 9.67 Å². The van der Waals surface area contributed by atoms with Crippen molar-refractivity contribution in [3.63, 3.8) is 0 Å². The van der Waals surface area contributed by atoms with Gasteiger partial charge in [-0.15, -0.1) is 24.0 Å². The predicted molar refractivity (Wildman–Crippen MR) is 114 cm³/mol. The summed E-state index contributed by atoms with van der Waals surface area (Å²) in [6.45, 7) is 6.44. The minimum absolute atomic E-state index is 0. The van der Waals surface area contributed by atoms with Crippen LogP contribution in [0.2, 0.25) is 0 Å². The van der Waals surface area contributed by atoms with Crippen LogP contribution in [-0.4, -0.2) is 58.0 Å². The van der Waals surface area contributed by atoms with Crippen LogP contribution in [0, 0.1) is 5.41 Å². The summed E-state index contributed by atoms with van der Waals surface area (Å²) in [5, 5.41) is 7.90. The van der Waals surface area contributed by atoms with Crippen LogP contribution in [0.15, 0.2) is 11.3 Å². The van der Waals surface area contributed by atoms with Crippen LogP contribution in [0.25, 0.3) is 0 Å². The summed E-state index contributed by atoms with van der Waals surface area (Å²) in [6.07, 6.45) is 8.24. The number of aryl methyl sites for hydroxylation is 1. The molecule has 2 fully saturated rings. The molecule has 0 aromatic carbocycles. The number of hydrogen-bond donors (Lipinski definition) is 1. The van der Waals surface area contributed by atoms with Gasteiger partial charge in [0.2, 0.25) is 0 Å². The molecule has 1 aromatic heterocycles. The molecule has 26 heavy (non-hydrogen) atoms. The molecular formula is C18H33IN6O. The molecule has 2 unspecified atom stereocenters. The number of hydrogen-bond acceptors (Lipinski definition) is 4. The van der Waals surface area contributed by atoms with Crippen molar-refractivity contribution in [1.82, 2.24) is 25.0 Å². The first-order chi connectivity index (χ1) is 12.1. The molecule has 2 aliphatic rings. The van der Waals surface area contributed by atoms with E-state index in [0.717, 1.165) is 31.4 Å². The van der Waals surface area contributed by atoms with E-state index in [9.17, 15) is 0 Å². The van der Waals surface area contributed by atoms with E-state index < -0.39 is 0 Å². The van der Waals surface area contributed by atoms with Crippen molar-refractivity contribution in [2.24, 2.45) is 17.5 Å². The van der Waals surface area contributed by atoms with Gasteiger partial charge in [-0.2, -0.15) is 5.10 Å². The van der Waals surface area contributed by atoms with Gasteiger partial charge in [0, 0.05) is 38.7 Å². The lowest BCUT2D eigenvalue weighted by molar-refractivity contribution is -0.126. The Morgan fingerprint density at radius 3 is 2.73 bits per heavy atom. The summed E-state index contributed by atoms with van der Waals surface area (Å²) in [5.41, 5.74) is 0.302. The maximum Gasteiger partial charge on any atom is 0.194 e. The zero-order chi connectivity index (χ0) is 17.9. The zero-order valence-corrected chi connectivity index (χ0v) is 18.8. The summed E-state index contributed by atoms with van der Waals surface area (Å²) in [6, 6.07) is 0.457. The molecule has 0 aliphatic heterocycles. The van der Waals surface area contributed by atoms with E-state index in [4.69, 9.17) is 9.73 Å². The standard InChI is InChI=1S/C18H32N6O.HI/c1-5-19-17(23(3)12-16-20-13-21-24(16)4)22-14-11-15(25-6-2)18(14)9-7-8-10-18;/h13-15H,5-12H2,1-4H3,(H,19,22);1H. The Morgan fingerprint density at radius 1 is 1.42 bits per heavy atom. The van der Waals surface area contributed by atoms with Crippen LogP contribution in [0.5, 0.6) is 0 Å². The molecule has 1 N–H and O–H groups in total. The summed E-state index contributed by atoms with van der Waals surface area (Å²) >= 11 is 0. The number of nitrogens with zero attached hydrogens (tertiary/aromatic N) is 5. The summed E-state index contributed by atoms with van der Waals surface area (Å²) < 4.78 is 7.85. The molecule has 1 heterocycles. The van der Waals surface area contributed by atoms with Crippen molar-refractivity contribution in [3.8, 4) is 0 Å². The van der Waals surface area contributed by atoms with Gasteiger partial charge >= 0.3 is 0 Å². The Bertz CT molecular complexity index is 598. The van der Waals surface area contributed by atoms with Crippen LogP contribution in [0.1, 0.15) is 51.8 Å². The second-order valence-electron chi connectivity index (χ2n) is 7.27. The number of nitrogens with one attached hydrogen (secondary N) is 1. The summed E-state index contributed by atoms with van der Waals surface area (Å²) in [5.74, 6) is 1.89. The van der Waals surface area contributed by atoms with E-state index in [1.54, 1.807) is 6.33 Å². The smallest absolute Gasteiger partial charge is 0.194 e. The van der Waals surface area contributed by atoms with Crippen molar-refractivity contribution in [1.29, 1.82) is 0 Å². The van der Waals surface area contributed by atoms with E-state index >= 15 is 0 Å². The highest BCUT2D eigenvalue weighted by molar-refractivity contribution is 14.0. The number of aromatic nitrogens is 3. The first kappa shape index (κ1) is 21.4. The Balaban J connectivity index is 0.00000243. The molecule has 0 amide bonds. The van der Waals surface area contributed by atoms with Crippen LogP contribution in [0.3, 0.4) is 0 Å². The monoisotopic (exact) mass is 476 g/mol. The second kappa shape index (κ2) is 9.34. The highest BCUT2D eigenvalue weighted by atomic mass is 127. The van der Waals surface area contributed by atoms with Gasteiger partial charge in [-0.25, -0.2) is 4.98 Å². The van der Waals surface area contributed by atoms with Gasteiger partial charge in [0.05, 0.1) is 12.6 Å². The average Bonchev–Trinajstić information content (AvgIpc) is 3.24. The van der Waals surface area contributed by atoms with E-state index in [1.807, 2.05) is 11.7 Å². The van der Waals surface area contributed by atoms with Gasteiger partial charge in [0.25, 0.3) is 0 Å². The number of halogens is 1. The van der Waals surface area contributed by atoms with Crippen LogP contribution >= 0.6 is 24.0 Å². The lowest BCUT2D eigenvalue weighted by atomic mass is 9.60. The maximum atomic E-state index is 6.03. The molecule has 1 aromatic rings. The van der Waals surface area contributed by atoms with E-state index in [2.05, 4.69) is 41.2 Å². The van der Waals surface area contributed by atoms with Gasteiger partial charge in [-0.05, 0) is 33.1 Å². The number of ether oxygens (including phenoxy) is 1. The highest BCUT2D eigenvalue weighted by Crippen LogP contribution is 2.54. The topological polar surface area (TPSA) is 67.6 Å². The first-order valence-electron chi connectivity index (χ1n) is 9.57. The van der Waals surface area contributed by atoms with E-state index in [-0.39, 0.29) is 24.0 Å². The lowest BCUT2D eigenvalue weighted by Gasteiger charge is -2.54. The molecule has 2 aliphatic carbocycles. The quantitative estimate of drug-likeness (QED) is 0.389. The maximum absolute atomic E-state index is 6.03. The zero-order valence-electron chi connectivity index (χ0n) is 16.4. The molecule has 7 nitrogen and oxygen atoms in total. The molecule has 148 valence electrons. The highest BCUT2D eigenvalue weighted by Gasteiger charge is 2.57. The second-order valence-corrected chi connectivity index (χ2v) is 7.27. The lowest BCUT2D eigenvalue weighted by Crippen LogP contribution is -2.65. The molecule has 2 saturated carbocycles. The Hall–Kier alpha value is -0.900. The molecule has 0 saturated heterocycles. The molecule has 3 rings (SSSR count). The normalized spacial score (nSPS) is 24.2. The first-order valence-corrected chi connectivity index (χ1v) is 9.57. The molecule has 2 atom stereocenters.